The fraction of sp³-hybridized carbons (Fsp3) is 0.727. The first kappa shape index (κ1) is 19.7. The Hall–Kier alpha value is -0.590. The van der Waals surface area contributed by atoms with Crippen LogP contribution in [0.2, 0.25) is 0 Å². The van der Waals surface area contributed by atoms with Crippen molar-refractivity contribution in [3.05, 3.63) is 0 Å². The van der Waals surface area contributed by atoms with E-state index in [1.807, 2.05) is 13.8 Å². The molecule has 0 rings (SSSR count). The SMILES string of the molecule is COC(=O)C(CC(C)C)NC(=O)CCC(=O)[O-].[Na+]. The fourth-order valence-corrected chi connectivity index (χ4v) is 1.31. The number of aliphatic carboxylic acids is 1. The number of esters is 1. The van der Waals surface area contributed by atoms with Crippen LogP contribution in [0.25, 0.3) is 0 Å². The maximum absolute atomic E-state index is 11.4. The Bertz CT molecular complexity index is 293. The number of carboxylic acid groups (broad SMARTS) is 1. The molecule has 0 bridgehead atoms. The second kappa shape index (κ2) is 10.3. The predicted octanol–water partition coefficient (Wildman–Crippen LogP) is -3.78. The summed E-state index contributed by atoms with van der Waals surface area (Å²) < 4.78 is 4.56. The van der Waals surface area contributed by atoms with Crippen LogP contribution in [-0.2, 0) is 19.1 Å². The Morgan fingerprint density at radius 3 is 2.17 bits per heavy atom. The van der Waals surface area contributed by atoms with Crippen LogP contribution in [0, 0.1) is 5.92 Å². The summed E-state index contributed by atoms with van der Waals surface area (Å²) in [5, 5.41) is 12.6. The van der Waals surface area contributed by atoms with Gasteiger partial charge in [0.2, 0.25) is 5.91 Å². The predicted molar refractivity (Wildman–Crippen MR) is 57.6 cm³/mol. The van der Waals surface area contributed by atoms with Crippen LogP contribution >= 0.6 is 0 Å². The molecule has 0 fully saturated rings. The van der Waals surface area contributed by atoms with Crippen molar-refractivity contribution < 1.29 is 53.8 Å². The third kappa shape index (κ3) is 9.44. The molecule has 1 unspecified atom stereocenters. The molecule has 0 saturated heterocycles. The fourth-order valence-electron chi connectivity index (χ4n) is 1.31. The number of hydrogen-bond acceptors (Lipinski definition) is 5. The van der Waals surface area contributed by atoms with Gasteiger partial charge in [-0.1, -0.05) is 13.8 Å². The van der Waals surface area contributed by atoms with E-state index in [2.05, 4.69) is 10.1 Å². The van der Waals surface area contributed by atoms with Crippen LogP contribution in [-0.4, -0.2) is 31.0 Å². The maximum atomic E-state index is 11.4. The number of ether oxygens (including phenoxy) is 1. The van der Waals surface area contributed by atoms with Gasteiger partial charge in [0.05, 0.1) is 7.11 Å². The molecule has 0 spiro atoms. The quantitative estimate of drug-likeness (QED) is 0.377. The molecule has 0 aromatic rings. The largest absolute Gasteiger partial charge is 1.00 e. The van der Waals surface area contributed by atoms with E-state index >= 15 is 0 Å². The summed E-state index contributed by atoms with van der Waals surface area (Å²) in [4.78, 5) is 32.9. The van der Waals surface area contributed by atoms with Crippen molar-refractivity contribution in [2.24, 2.45) is 5.92 Å². The van der Waals surface area contributed by atoms with Gasteiger partial charge in [0.25, 0.3) is 0 Å². The topological polar surface area (TPSA) is 95.5 Å². The molecule has 7 heteroatoms. The molecule has 0 radical (unpaired) electrons. The number of amides is 1. The number of carbonyl (C=O) groups is 3. The van der Waals surface area contributed by atoms with Gasteiger partial charge >= 0.3 is 35.5 Å². The molecular weight excluding hydrogens is 249 g/mol. The third-order valence-corrected chi connectivity index (χ3v) is 2.08. The summed E-state index contributed by atoms with van der Waals surface area (Å²) in [6.45, 7) is 3.81. The standard InChI is InChI=1S/C11H19NO5.Na/c1-7(2)6-8(11(16)17-3)12-9(13)4-5-10(14)15;/h7-8H,4-6H2,1-3H3,(H,12,13)(H,14,15);/q;+1/p-1. The van der Waals surface area contributed by atoms with Crippen molar-refractivity contribution in [1.29, 1.82) is 0 Å². The van der Waals surface area contributed by atoms with E-state index in [0.29, 0.717) is 6.42 Å². The Morgan fingerprint density at radius 2 is 1.78 bits per heavy atom. The number of nitrogens with one attached hydrogen (secondary N) is 1. The minimum Gasteiger partial charge on any atom is -0.550 e. The van der Waals surface area contributed by atoms with Crippen molar-refractivity contribution in [3.63, 3.8) is 0 Å². The second-order valence-electron chi connectivity index (χ2n) is 4.14. The van der Waals surface area contributed by atoms with E-state index in [9.17, 15) is 19.5 Å². The van der Waals surface area contributed by atoms with Gasteiger partial charge in [-0.25, -0.2) is 4.79 Å². The summed E-state index contributed by atoms with van der Waals surface area (Å²) in [5.41, 5.74) is 0. The van der Waals surface area contributed by atoms with E-state index in [1.165, 1.54) is 7.11 Å². The van der Waals surface area contributed by atoms with Crippen molar-refractivity contribution in [1.82, 2.24) is 5.32 Å². The summed E-state index contributed by atoms with van der Waals surface area (Å²) in [7, 11) is 1.24. The summed E-state index contributed by atoms with van der Waals surface area (Å²) in [6.07, 6.45) is -0.112. The molecule has 0 saturated carbocycles. The molecule has 6 nitrogen and oxygen atoms in total. The summed E-state index contributed by atoms with van der Waals surface area (Å²) >= 11 is 0. The third-order valence-electron chi connectivity index (χ3n) is 2.08. The average molecular weight is 267 g/mol. The zero-order valence-electron chi connectivity index (χ0n) is 11.3. The van der Waals surface area contributed by atoms with Crippen LogP contribution in [0.1, 0.15) is 33.1 Å². The molecule has 0 aliphatic rings. The van der Waals surface area contributed by atoms with Crippen LogP contribution in [0.15, 0.2) is 0 Å². The van der Waals surface area contributed by atoms with E-state index in [4.69, 9.17) is 0 Å². The van der Waals surface area contributed by atoms with Gasteiger partial charge in [0.15, 0.2) is 0 Å². The van der Waals surface area contributed by atoms with Gasteiger partial charge in [0, 0.05) is 12.4 Å². The van der Waals surface area contributed by atoms with Gasteiger partial charge in [-0.15, -0.1) is 0 Å². The normalized spacial score (nSPS) is 11.3. The molecule has 0 aliphatic heterocycles. The minimum absolute atomic E-state index is 0. The molecule has 1 N–H and O–H groups in total. The first-order valence-corrected chi connectivity index (χ1v) is 5.43. The van der Waals surface area contributed by atoms with E-state index in [1.54, 1.807) is 0 Å². The van der Waals surface area contributed by atoms with E-state index in [0.717, 1.165) is 0 Å². The van der Waals surface area contributed by atoms with Crippen molar-refractivity contribution in [3.8, 4) is 0 Å². The Labute approximate surface area is 129 Å². The summed E-state index contributed by atoms with van der Waals surface area (Å²) in [6, 6.07) is -0.728. The van der Waals surface area contributed by atoms with Crippen molar-refractivity contribution in [2.45, 2.75) is 39.2 Å². The zero-order chi connectivity index (χ0) is 13.4. The Kier molecular flexibility index (Phi) is 11.3. The zero-order valence-corrected chi connectivity index (χ0v) is 13.3. The van der Waals surface area contributed by atoms with Gasteiger partial charge in [-0.2, -0.15) is 0 Å². The molecule has 18 heavy (non-hydrogen) atoms. The Balaban J connectivity index is 0. The molecule has 0 aliphatic carbocycles. The number of methoxy groups -OCH3 is 1. The molecule has 1 amide bonds. The Morgan fingerprint density at radius 1 is 1.22 bits per heavy atom. The first-order chi connectivity index (χ1) is 7.86. The van der Waals surface area contributed by atoms with Crippen LogP contribution in [0.5, 0.6) is 0 Å². The van der Waals surface area contributed by atoms with Crippen LogP contribution in [0.4, 0.5) is 0 Å². The maximum Gasteiger partial charge on any atom is 1.00 e. The second-order valence-corrected chi connectivity index (χ2v) is 4.14. The number of carboxylic acids is 1. The molecule has 0 aromatic carbocycles. The summed E-state index contributed by atoms with van der Waals surface area (Å²) in [5.74, 6) is -2.11. The molecule has 0 aromatic heterocycles. The smallest absolute Gasteiger partial charge is 0.550 e. The van der Waals surface area contributed by atoms with Gasteiger partial charge in [0.1, 0.15) is 6.04 Å². The number of hydrogen-bond donors (Lipinski definition) is 1. The molecule has 0 heterocycles. The number of carbonyl (C=O) groups excluding carboxylic acids is 3. The van der Waals surface area contributed by atoms with Gasteiger partial charge in [-0.05, 0) is 18.8 Å². The molecule has 1 atom stereocenters. The van der Waals surface area contributed by atoms with Gasteiger partial charge < -0.3 is 20.0 Å². The van der Waals surface area contributed by atoms with Crippen LogP contribution < -0.4 is 40.0 Å². The van der Waals surface area contributed by atoms with E-state index in [-0.39, 0.29) is 48.3 Å². The van der Waals surface area contributed by atoms with Crippen molar-refractivity contribution in [2.75, 3.05) is 7.11 Å². The van der Waals surface area contributed by atoms with Gasteiger partial charge in [-0.3, -0.25) is 4.79 Å². The monoisotopic (exact) mass is 267 g/mol. The molecular formula is C11H18NNaO5. The van der Waals surface area contributed by atoms with E-state index < -0.39 is 23.9 Å². The minimum atomic E-state index is -1.29. The first-order valence-electron chi connectivity index (χ1n) is 5.43. The number of rotatable bonds is 7. The molecule has 98 valence electrons. The van der Waals surface area contributed by atoms with Crippen LogP contribution in [0.3, 0.4) is 0 Å². The van der Waals surface area contributed by atoms with Crippen molar-refractivity contribution >= 4 is 17.8 Å². The average Bonchev–Trinajstić information content (AvgIpc) is 2.23.